The van der Waals surface area contributed by atoms with Crippen LogP contribution in [0.1, 0.15) is 24.1 Å². The highest BCUT2D eigenvalue weighted by molar-refractivity contribution is 7.80. The number of carbonyl (C=O) groups is 1. The van der Waals surface area contributed by atoms with Crippen LogP contribution in [0.3, 0.4) is 0 Å². The maximum absolute atomic E-state index is 12.8. The summed E-state index contributed by atoms with van der Waals surface area (Å²) >= 11 is 17.9. The van der Waals surface area contributed by atoms with Crippen molar-refractivity contribution < 1.29 is 9.53 Å². The molecule has 7 heteroatoms. The second kappa shape index (κ2) is 8.08. The molecule has 0 aliphatic carbocycles. The smallest absolute Gasteiger partial charge is 0.338 e. The number of hydrogen-bond donors (Lipinski definition) is 2. The molecule has 0 saturated carbocycles. The number of benzene rings is 2. The summed E-state index contributed by atoms with van der Waals surface area (Å²) in [6, 6.07) is 14.1. The fourth-order valence-electron chi connectivity index (χ4n) is 2.77. The third kappa shape index (κ3) is 4.01. The van der Waals surface area contributed by atoms with Crippen molar-refractivity contribution >= 4 is 46.5 Å². The Balaban J connectivity index is 1.92. The van der Waals surface area contributed by atoms with Gasteiger partial charge in [-0.2, -0.15) is 0 Å². The molecule has 1 aliphatic heterocycles. The van der Waals surface area contributed by atoms with E-state index in [9.17, 15) is 4.79 Å². The lowest BCUT2D eigenvalue weighted by Crippen LogP contribution is -2.45. The van der Waals surface area contributed by atoms with Crippen LogP contribution in [0.15, 0.2) is 59.8 Å². The minimum Gasteiger partial charge on any atom is -0.457 e. The Bertz CT molecular complexity index is 864. The van der Waals surface area contributed by atoms with Crippen LogP contribution in [0.5, 0.6) is 0 Å². The monoisotopic (exact) mass is 406 g/mol. The summed E-state index contributed by atoms with van der Waals surface area (Å²) in [5.74, 6) is -0.463. The zero-order valence-corrected chi connectivity index (χ0v) is 16.2. The molecule has 0 amide bonds. The minimum atomic E-state index is -0.590. The second-order valence-electron chi connectivity index (χ2n) is 5.77. The Hall–Kier alpha value is -2.08. The zero-order valence-electron chi connectivity index (χ0n) is 13.9. The molecule has 0 spiro atoms. The maximum Gasteiger partial charge on any atom is 0.338 e. The number of ether oxygens (including phenoxy) is 1. The standard InChI is InChI=1S/C19H16Cl2N2O2S/c1-11-15(18(24)25-10-12-6-3-2-4-7-12)17(23-19(26)22-11)16-13(20)8-5-9-14(16)21/h2-9,17H,10H2,1H3,(H2,22,23,26)/t17-/m1/s1. The Morgan fingerprint density at radius 2 is 1.77 bits per heavy atom. The van der Waals surface area contributed by atoms with E-state index in [1.54, 1.807) is 25.1 Å². The first kappa shape index (κ1) is 18.7. The summed E-state index contributed by atoms with van der Waals surface area (Å²) < 4.78 is 5.50. The lowest BCUT2D eigenvalue weighted by atomic mass is 9.95. The average molecular weight is 407 g/mol. The SMILES string of the molecule is CC1=C(C(=O)OCc2ccccc2)[C@H](c2c(Cl)cccc2Cl)NC(=S)N1. The van der Waals surface area contributed by atoms with Crippen LogP contribution in [0.2, 0.25) is 10.0 Å². The van der Waals surface area contributed by atoms with Gasteiger partial charge < -0.3 is 15.4 Å². The largest absolute Gasteiger partial charge is 0.457 e. The zero-order chi connectivity index (χ0) is 18.7. The highest BCUT2D eigenvalue weighted by Gasteiger charge is 2.33. The molecular weight excluding hydrogens is 391 g/mol. The molecule has 0 bridgehead atoms. The van der Waals surface area contributed by atoms with Crippen molar-refractivity contribution in [2.75, 3.05) is 0 Å². The highest BCUT2D eigenvalue weighted by atomic mass is 35.5. The van der Waals surface area contributed by atoms with E-state index in [4.69, 9.17) is 40.2 Å². The molecule has 3 rings (SSSR count). The molecule has 0 fully saturated rings. The van der Waals surface area contributed by atoms with Gasteiger partial charge in [0.15, 0.2) is 5.11 Å². The fourth-order valence-corrected chi connectivity index (χ4v) is 3.65. The van der Waals surface area contributed by atoms with Gasteiger partial charge in [-0.05, 0) is 36.8 Å². The number of carbonyl (C=O) groups excluding carboxylic acids is 1. The molecule has 2 aromatic carbocycles. The molecular formula is C19H16Cl2N2O2S. The Morgan fingerprint density at radius 3 is 2.42 bits per heavy atom. The van der Waals surface area contributed by atoms with Crippen molar-refractivity contribution in [3.63, 3.8) is 0 Å². The van der Waals surface area contributed by atoms with Crippen LogP contribution in [0, 0.1) is 0 Å². The topological polar surface area (TPSA) is 50.4 Å². The molecule has 1 heterocycles. The summed E-state index contributed by atoms with van der Waals surface area (Å²) in [6.07, 6.45) is 0. The van der Waals surface area contributed by atoms with Gasteiger partial charge in [0.1, 0.15) is 6.61 Å². The van der Waals surface area contributed by atoms with E-state index >= 15 is 0 Å². The summed E-state index contributed by atoms with van der Waals surface area (Å²) in [4.78, 5) is 12.8. The summed E-state index contributed by atoms with van der Waals surface area (Å²) in [6.45, 7) is 1.94. The Labute approximate surface area is 167 Å². The van der Waals surface area contributed by atoms with E-state index in [0.717, 1.165) is 5.56 Å². The molecule has 2 N–H and O–H groups in total. The number of rotatable bonds is 4. The van der Waals surface area contributed by atoms with Gasteiger partial charge in [-0.3, -0.25) is 0 Å². The Morgan fingerprint density at radius 1 is 1.12 bits per heavy atom. The number of hydrogen-bond acceptors (Lipinski definition) is 3. The number of esters is 1. The van der Waals surface area contributed by atoms with E-state index in [0.29, 0.717) is 32.0 Å². The van der Waals surface area contributed by atoms with Crippen molar-refractivity contribution in [3.8, 4) is 0 Å². The van der Waals surface area contributed by atoms with Crippen LogP contribution < -0.4 is 10.6 Å². The predicted molar refractivity (Wildman–Crippen MR) is 107 cm³/mol. The van der Waals surface area contributed by atoms with Gasteiger partial charge in [-0.25, -0.2) is 4.79 Å². The van der Waals surface area contributed by atoms with Gasteiger partial charge >= 0.3 is 5.97 Å². The highest BCUT2D eigenvalue weighted by Crippen LogP contribution is 2.36. The van der Waals surface area contributed by atoms with Gasteiger partial charge in [-0.15, -0.1) is 0 Å². The van der Waals surface area contributed by atoms with Crippen molar-refractivity contribution in [3.05, 3.63) is 81.0 Å². The third-order valence-corrected chi connectivity index (χ3v) is 4.87. The van der Waals surface area contributed by atoms with Crippen LogP contribution in [0.25, 0.3) is 0 Å². The lowest BCUT2D eigenvalue weighted by molar-refractivity contribution is -0.140. The summed E-state index contributed by atoms with van der Waals surface area (Å²) in [5, 5.41) is 7.31. The predicted octanol–water partition coefficient (Wildman–Crippen LogP) is 4.53. The van der Waals surface area contributed by atoms with Crippen molar-refractivity contribution in [1.82, 2.24) is 10.6 Å². The van der Waals surface area contributed by atoms with Crippen LogP contribution >= 0.6 is 35.4 Å². The van der Waals surface area contributed by atoms with Gasteiger partial charge in [0.05, 0.1) is 11.6 Å². The molecule has 4 nitrogen and oxygen atoms in total. The quantitative estimate of drug-likeness (QED) is 0.576. The van der Waals surface area contributed by atoms with Gasteiger partial charge in [0.25, 0.3) is 0 Å². The van der Waals surface area contributed by atoms with Crippen molar-refractivity contribution in [2.45, 2.75) is 19.6 Å². The normalized spacial score (nSPS) is 16.7. The summed E-state index contributed by atoms with van der Waals surface area (Å²) in [7, 11) is 0. The van der Waals surface area contributed by atoms with Crippen molar-refractivity contribution in [2.24, 2.45) is 0 Å². The minimum absolute atomic E-state index is 0.171. The first-order chi connectivity index (χ1) is 12.5. The van der Waals surface area contributed by atoms with E-state index in [1.807, 2.05) is 30.3 Å². The molecule has 134 valence electrons. The molecule has 0 saturated heterocycles. The number of halogens is 2. The number of nitrogens with one attached hydrogen (secondary N) is 2. The van der Waals surface area contributed by atoms with E-state index in [2.05, 4.69) is 10.6 Å². The van der Waals surface area contributed by atoms with Crippen LogP contribution in [0.4, 0.5) is 0 Å². The first-order valence-corrected chi connectivity index (χ1v) is 9.07. The first-order valence-electron chi connectivity index (χ1n) is 7.90. The fraction of sp³-hybridized carbons (Fsp3) is 0.158. The summed E-state index contributed by atoms with van der Waals surface area (Å²) in [5.41, 5.74) is 2.49. The molecule has 2 aromatic rings. The van der Waals surface area contributed by atoms with Gasteiger partial charge in [-0.1, -0.05) is 59.6 Å². The van der Waals surface area contributed by atoms with E-state index < -0.39 is 12.0 Å². The van der Waals surface area contributed by atoms with Gasteiger partial charge in [0, 0.05) is 21.3 Å². The van der Waals surface area contributed by atoms with Crippen LogP contribution in [-0.4, -0.2) is 11.1 Å². The van der Waals surface area contributed by atoms with E-state index in [1.165, 1.54) is 0 Å². The third-order valence-electron chi connectivity index (χ3n) is 3.99. The maximum atomic E-state index is 12.8. The van der Waals surface area contributed by atoms with E-state index in [-0.39, 0.29) is 6.61 Å². The molecule has 0 aromatic heterocycles. The lowest BCUT2D eigenvalue weighted by Gasteiger charge is -2.30. The molecule has 0 radical (unpaired) electrons. The Kier molecular flexibility index (Phi) is 5.81. The van der Waals surface area contributed by atoms with Crippen molar-refractivity contribution in [1.29, 1.82) is 0 Å². The van der Waals surface area contributed by atoms with Gasteiger partial charge in [0.2, 0.25) is 0 Å². The average Bonchev–Trinajstić information content (AvgIpc) is 2.60. The molecule has 1 atom stereocenters. The number of allylic oxidation sites excluding steroid dienone is 1. The molecule has 26 heavy (non-hydrogen) atoms. The van der Waals surface area contributed by atoms with Crippen LogP contribution in [-0.2, 0) is 16.1 Å². The number of thiocarbonyl (C=S) groups is 1. The second-order valence-corrected chi connectivity index (χ2v) is 6.99. The molecule has 0 unspecified atom stereocenters. The molecule has 1 aliphatic rings.